The molecule has 90 valence electrons. The van der Waals surface area contributed by atoms with Crippen LogP contribution >= 0.6 is 24.0 Å². The van der Waals surface area contributed by atoms with Crippen molar-refractivity contribution in [2.75, 3.05) is 24.5 Å². The Bertz CT molecular complexity index is 360. The summed E-state index contributed by atoms with van der Waals surface area (Å²) in [5.74, 6) is -0.347. The summed E-state index contributed by atoms with van der Waals surface area (Å²) in [6, 6.07) is 5.30. The van der Waals surface area contributed by atoms with Crippen LogP contribution in [0.2, 0.25) is 5.02 Å². The Morgan fingerprint density at radius 2 is 2.25 bits per heavy atom. The van der Waals surface area contributed by atoms with E-state index in [-0.39, 0.29) is 23.2 Å². The van der Waals surface area contributed by atoms with Crippen LogP contribution in [0.15, 0.2) is 18.2 Å². The molecule has 0 aromatic heterocycles. The number of rotatable bonds is 1. The van der Waals surface area contributed by atoms with Gasteiger partial charge in [-0.3, -0.25) is 0 Å². The lowest BCUT2D eigenvalue weighted by atomic mass is 10.2. The van der Waals surface area contributed by atoms with Crippen LogP contribution in [0.4, 0.5) is 10.1 Å². The van der Waals surface area contributed by atoms with Gasteiger partial charge in [-0.2, -0.15) is 0 Å². The molecule has 0 saturated carbocycles. The van der Waals surface area contributed by atoms with Gasteiger partial charge < -0.3 is 10.2 Å². The molecule has 1 N–H and O–H groups in total. The van der Waals surface area contributed by atoms with Crippen molar-refractivity contribution < 1.29 is 4.39 Å². The smallest absolute Gasteiger partial charge is 0.143 e. The van der Waals surface area contributed by atoms with Crippen LogP contribution in [0.3, 0.4) is 0 Å². The Labute approximate surface area is 106 Å². The Hall–Kier alpha value is -0.510. The van der Waals surface area contributed by atoms with Crippen molar-refractivity contribution in [1.29, 1.82) is 0 Å². The van der Waals surface area contributed by atoms with Gasteiger partial charge in [0.05, 0.1) is 10.7 Å². The SMILES string of the molecule is CC1CNCCN1c1cccc(F)c1Cl.Cl. The van der Waals surface area contributed by atoms with Crippen molar-refractivity contribution in [2.45, 2.75) is 13.0 Å². The van der Waals surface area contributed by atoms with E-state index in [0.29, 0.717) is 6.04 Å². The fourth-order valence-corrected chi connectivity index (χ4v) is 2.15. The number of halogens is 3. The van der Waals surface area contributed by atoms with Crippen LogP contribution in [-0.4, -0.2) is 25.7 Å². The Morgan fingerprint density at radius 3 is 2.94 bits per heavy atom. The summed E-state index contributed by atoms with van der Waals surface area (Å²) < 4.78 is 13.3. The highest BCUT2D eigenvalue weighted by molar-refractivity contribution is 6.33. The predicted molar refractivity (Wildman–Crippen MR) is 68.3 cm³/mol. The summed E-state index contributed by atoms with van der Waals surface area (Å²) in [4.78, 5) is 2.14. The van der Waals surface area contributed by atoms with E-state index in [1.807, 2.05) is 6.07 Å². The molecule has 16 heavy (non-hydrogen) atoms. The van der Waals surface area contributed by atoms with Gasteiger partial charge in [0.15, 0.2) is 0 Å². The molecule has 1 aliphatic rings. The zero-order valence-electron chi connectivity index (χ0n) is 9.04. The number of hydrogen-bond donors (Lipinski definition) is 1. The molecule has 0 aliphatic carbocycles. The van der Waals surface area contributed by atoms with Gasteiger partial charge in [0.25, 0.3) is 0 Å². The fraction of sp³-hybridized carbons (Fsp3) is 0.455. The highest BCUT2D eigenvalue weighted by atomic mass is 35.5. The maximum atomic E-state index is 13.3. The van der Waals surface area contributed by atoms with E-state index in [0.717, 1.165) is 25.3 Å². The first-order valence-electron chi connectivity index (χ1n) is 5.11. The molecule has 2 rings (SSSR count). The average Bonchev–Trinajstić information content (AvgIpc) is 2.23. The standard InChI is InChI=1S/C11H14ClFN2.ClH/c1-8-7-14-5-6-15(8)10-4-2-3-9(13)11(10)12;/h2-4,8,14H,5-7H2,1H3;1H. The number of benzene rings is 1. The molecule has 2 nitrogen and oxygen atoms in total. The molecule has 1 atom stereocenters. The molecule has 1 fully saturated rings. The molecule has 0 spiro atoms. The normalized spacial score (nSPS) is 20.4. The summed E-state index contributed by atoms with van der Waals surface area (Å²) in [5.41, 5.74) is 0.797. The minimum absolute atomic E-state index is 0. The molecular formula is C11H15Cl2FN2. The quantitative estimate of drug-likeness (QED) is 0.839. The highest BCUT2D eigenvalue weighted by Crippen LogP contribution is 2.29. The van der Waals surface area contributed by atoms with Crippen molar-refractivity contribution in [3.8, 4) is 0 Å². The number of anilines is 1. The van der Waals surface area contributed by atoms with Crippen molar-refractivity contribution >= 4 is 29.7 Å². The molecule has 0 amide bonds. The van der Waals surface area contributed by atoms with Gasteiger partial charge in [-0.1, -0.05) is 17.7 Å². The Kier molecular flexibility index (Phi) is 4.84. The summed E-state index contributed by atoms with van der Waals surface area (Å²) >= 11 is 5.95. The van der Waals surface area contributed by atoms with E-state index in [2.05, 4.69) is 17.1 Å². The van der Waals surface area contributed by atoms with E-state index in [1.54, 1.807) is 6.07 Å². The zero-order valence-corrected chi connectivity index (χ0v) is 10.6. The molecule has 0 radical (unpaired) electrons. The molecule has 5 heteroatoms. The third kappa shape index (κ3) is 2.59. The Morgan fingerprint density at radius 1 is 1.50 bits per heavy atom. The topological polar surface area (TPSA) is 15.3 Å². The first-order chi connectivity index (χ1) is 7.20. The van der Waals surface area contributed by atoms with Crippen LogP contribution in [0, 0.1) is 5.82 Å². The number of piperazine rings is 1. The molecule has 1 heterocycles. The van der Waals surface area contributed by atoms with Gasteiger partial charge in [-0.05, 0) is 19.1 Å². The third-order valence-electron chi connectivity index (χ3n) is 2.74. The van der Waals surface area contributed by atoms with Crippen LogP contribution in [0.5, 0.6) is 0 Å². The molecule has 1 aromatic carbocycles. The molecule has 1 aromatic rings. The number of hydrogen-bond acceptors (Lipinski definition) is 2. The van der Waals surface area contributed by atoms with Crippen molar-refractivity contribution in [1.82, 2.24) is 5.32 Å². The first kappa shape index (κ1) is 13.6. The maximum Gasteiger partial charge on any atom is 0.143 e. The minimum Gasteiger partial charge on any atom is -0.365 e. The van der Waals surface area contributed by atoms with Crippen LogP contribution < -0.4 is 10.2 Å². The highest BCUT2D eigenvalue weighted by Gasteiger charge is 2.21. The second kappa shape index (κ2) is 5.71. The summed E-state index contributed by atoms with van der Waals surface area (Å²) in [6.07, 6.45) is 0. The monoisotopic (exact) mass is 264 g/mol. The second-order valence-corrected chi connectivity index (χ2v) is 4.20. The van der Waals surface area contributed by atoms with E-state index in [4.69, 9.17) is 11.6 Å². The lowest BCUT2D eigenvalue weighted by molar-refractivity contribution is 0.499. The lowest BCUT2D eigenvalue weighted by Gasteiger charge is -2.36. The Balaban J connectivity index is 0.00000128. The zero-order chi connectivity index (χ0) is 10.8. The van der Waals surface area contributed by atoms with Crippen molar-refractivity contribution in [2.24, 2.45) is 0 Å². The average molecular weight is 265 g/mol. The van der Waals surface area contributed by atoms with E-state index in [9.17, 15) is 4.39 Å². The largest absolute Gasteiger partial charge is 0.365 e. The summed E-state index contributed by atoms with van der Waals surface area (Å²) in [5, 5.41) is 3.52. The van der Waals surface area contributed by atoms with E-state index >= 15 is 0 Å². The van der Waals surface area contributed by atoms with Crippen LogP contribution in [0.1, 0.15) is 6.92 Å². The van der Waals surface area contributed by atoms with Gasteiger partial charge >= 0.3 is 0 Å². The molecular weight excluding hydrogens is 250 g/mol. The van der Waals surface area contributed by atoms with Gasteiger partial charge in [0.1, 0.15) is 5.82 Å². The van der Waals surface area contributed by atoms with Crippen molar-refractivity contribution in [3.05, 3.63) is 29.0 Å². The van der Waals surface area contributed by atoms with Gasteiger partial charge in [0.2, 0.25) is 0 Å². The lowest BCUT2D eigenvalue weighted by Crippen LogP contribution is -2.50. The van der Waals surface area contributed by atoms with E-state index in [1.165, 1.54) is 6.07 Å². The summed E-state index contributed by atoms with van der Waals surface area (Å²) in [7, 11) is 0. The fourth-order valence-electron chi connectivity index (χ4n) is 1.91. The summed E-state index contributed by atoms with van der Waals surface area (Å²) in [6.45, 7) is 4.79. The van der Waals surface area contributed by atoms with Crippen molar-refractivity contribution in [3.63, 3.8) is 0 Å². The van der Waals surface area contributed by atoms with E-state index < -0.39 is 0 Å². The second-order valence-electron chi connectivity index (χ2n) is 3.82. The maximum absolute atomic E-state index is 13.3. The van der Waals surface area contributed by atoms with Gasteiger partial charge in [0, 0.05) is 25.7 Å². The molecule has 1 aliphatic heterocycles. The predicted octanol–water partition coefficient (Wildman–Crippen LogP) is 2.70. The molecule has 1 saturated heterocycles. The number of nitrogens with one attached hydrogen (secondary N) is 1. The minimum atomic E-state index is -0.347. The van der Waals surface area contributed by atoms with Gasteiger partial charge in [-0.25, -0.2) is 4.39 Å². The third-order valence-corrected chi connectivity index (χ3v) is 3.12. The molecule has 0 bridgehead atoms. The first-order valence-corrected chi connectivity index (χ1v) is 5.49. The van der Waals surface area contributed by atoms with Gasteiger partial charge in [-0.15, -0.1) is 12.4 Å². The van der Waals surface area contributed by atoms with Crippen LogP contribution in [0.25, 0.3) is 0 Å². The molecule has 1 unspecified atom stereocenters. The number of nitrogens with zero attached hydrogens (tertiary/aromatic N) is 1. The van der Waals surface area contributed by atoms with Crippen LogP contribution in [-0.2, 0) is 0 Å².